The summed E-state index contributed by atoms with van der Waals surface area (Å²) in [5, 5.41) is 17.3. The number of fused-ring (bicyclic) bond motifs is 1. The molecule has 0 saturated carbocycles. The molecule has 0 aromatic heterocycles. The minimum Gasteiger partial charge on any atom is -0.508 e. The molecule has 2 atom stereocenters. The summed E-state index contributed by atoms with van der Waals surface area (Å²) in [5.74, 6) is 0.0616. The zero-order valence-electron chi connectivity index (χ0n) is 22.1. The summed E-state index contributed by atoms with van der Waals surface area (Å²) in [6, 6.07) is 20.9. The Hall–Kier alpha value is -3.72. The number of rotatable bonds is 6. The van der Waals surface area contributed by atoms with Gasteiger partial charge in [-0.3, -0.25) is 4.79 Å². The number of amides is 3. The fourth-order valence-electron chi connectivity index (χ4n) is 5.37. The molecule has 10 heteroatoms. The van der Waals surface area contributed by atoms with Crippen LogP contribution in [0.1, 0.15) is 16.7 Å². The SMILES string of the molecule is C=C1CN(C)N(C(=O)NCc2ccccc2)[C@H]2CN(Cc3ccc(Cl)cc3Cl)C(=O)[C@H](Cc3ccc(O)cc3)N12. The van der Waals surface area contributed by atoms with Gasteiger partial charge in [0.1, 0.15) is 18.0 Å². The smallest absolute Gasteiger partial charge is 0.334 e. The number of carbonyl (C=O) groups excluding carboxylic acids is 2. The molecule has 0 spiro atoms. The van der Waals surface area contributed by atoms with Gasteiger partial charge in [0, 0.05) is 42.3 Å². The standard InChI is InChI=1S/C30H31Cl2N5O3/c1-20-17-34(2)37(30(40)33-16-22-6-4-3-5-7-22)28-19-35(18-23-10-11-24(31)15-26(23)32)29(39)27(36(20)28)14-21-8-12-25(38)13-9-21/h3-13,15,27-28,38H,1,14,16-19H2,2H3,(H,33,40)/t27-,28-/m0/s1. The van der Waals surface area contributed by atoms with E-state index in [1.165, 1.54) is 0 Å². The van der Waals surface area contributed by atoms with Crippen molar-refractivity contribution in [3.8, 4) is 5.75 Å². The quantitative estimate of drug-likeness (QED) is 0.435. The van der Waals surface area contributed by atoms with Crippen LogP contribution in [0, 0.1) is 0 Å². The molecule has 2 saturated heterocycles. The molecule has 3 amide bonds. The monoisotopic (exact) mass is 579 g/mol. The lowest BCUT2D eigenvalue weighted by Crippen LogP contribution is -2.73. The van der Waals surface area contributed by atoms with E-state index in [9.17, 15) is 14.7 Å². The second kappa shape index (κ2) is 11.8. The van der Waals surface area contributed by atoms with E-state index in [0.717, 1.165) is 22.4 Å². The number of nitrogens with one attached hydrogen (secondary N) is 1. The summed E-state index contributed by atoms with van der Waals surface area (Å²) < 4.78 is 0. The average Bonchev–Trinajstić information content (AvgIpc) is 2.92. The van der Waals surface area contributed by atoms with E-state index in [-0.39, 0.29) is 30.8 Å². The first-order valence-electron chi connectivity index (χ1n) is 13.0. The molecule has 40 heavy (non-hydrogen) atoms. The molecule has 5 rings (SSSR count). The third-order valence-electron chi connectivity index (χ3n) is 7.30. The van der Waals surface area contributed by atoms with Crippen molar-refractivity contribution in [3.63, 3.8) is 0 Å². The van der Waals surface area contributed by atoms with Crippen molar-refractivity contribution < 1.29 is 14.7 Å². The molecule has 3 aromatic carbocycles. The molecule has 2 aliphatic rings. The number of benzene rings is 3. The molecule has 0 unspecified atom stereocenters. The lowest BCUT2D eigenvalue weighted by molar-refractivity contribution is -0.165. The highest BCUT2D eigenvalue weighted by Gasteiger charge is 2.48. The second-order valence-corrected chi connectivity index (χ2v) is 10.9. The highest BCUT2D eigenvalue weighted by molar-refractivity contribution is 6.35. The molecule has 0 radical (unpaired) electrons. The highest BCUT2D eigenvalue weighted by atomic mass is 35.5. The van der Waals surface area contributed by atoms with Gasteiger partial charge in [-0.05, 0) is 41.0 Å². The average molecular weight is 581 g/mol. The van der Waals surface area contributed by atoms with Crippen LogP contribution < -0.4 is 5.32 Å². The maximum absolute atomic E-state index is 14.0. The molecule has 0 bridgehead atoms. The predicted octanol–water partition coefficient (Wildman–Crippen LogP) is 4.87. The Kier molecular flexibility index (Phi) is 8.21. The van der Waals surface area contributed by atoms with E-state index in [0.29, 0.717) is 29.6 Å². The normalized spacial score (nSPS) is 19.5. The van der Waals surface area contributed by atoms with Crippen LogP contribution in [0.3, 0.4) is 0 Å². The number of phenols is 1. The maximum atomic E-state index is 14.0. The molecule has 2 heterocycles. The first-order chi connectivity index (χ1) is 19.2. The molecular formula is C30H31Cl2N5O3. The largest absolute Gasteiger partial charge is 0.508 e. The zero-order chi connectivity index (χ0) is 28.4. The van der Waals surface area contributed by atoms with Gasteiger partial charge in [0.2, 0.25) is 5.91 Å². The van der Waals surface area contributed by atoms with Gasteiger partial charge in [-0.2, -0.15) is 0 Å². The Morgan fingerprint density at radius 3 is 2.48 bits per heavy atom. The van der Waals surface area contributed by atoms with Gasteiger partial charge >= 0.3 is 6.03 Å². The van der Waals surface area contributed by atoms with Gasteiger partial charge < -0.3 is 20.2 Å². The summed E-state index contributed by atoms with van der Waals surface area (Å²) in [6.45, 7) is 5.57. The first-order valence-corrected chi connectivity index (χ1v) is 13.8. The number of halogens is 2. The van der Waals surface area contributed by atoms with Crippen LogP contribution in [0.4, 0.5) is 4.79 Å². The summed E-state index contributed by atoms with van der Waals surface area (Å²) in [7, 11) is 1.84. The first kappa shape index (κ1) is 27.8. The predicted molar refractivity (Wildman–Crippen MR) is 155 cm³/mol. The van der Waals surface area contributed by atoms with Gasteiger partial charge in [-0.15, -0.1) is 0 Å². The Bertz CT molecular complexity index is 1400. The van der Waals surface area contributed by atoms with Crippen molar-refractivity contribution in [2.75, 3.05) is 20.1 Å². The van der Waals surface area contributed by atoms with Crippen molar-refractivity contribution in [1.29, 1.82) is 0 Å². The van der Waals surface area contributed by atoms with Crippen molar-refractivity contribution in [1.82, 2.24) is 25.1 Å². The molecule has 8 nitrogen and oxygen atoms in total. The Labute approximate surface area is 244 Å². The fraction of sp³-hybridized carbons (Fsp3) is 0.267. The van der Waals surface area contributed by atoms with Crippen molar-refractivity contribution >= 4 is 35.1 Å². The Balaban J connectivity index is 1.47. The molecule has 2 fully saturated rings. The number of carbonyl (C=O) groups is 2. The van der Waals surface area contributed by atoms with Gasteiger partial charge in [0.15, 0.2) is 0 Å². The Morgan fingerprint density at radius 2 is 1.77 bits per heavy atom. The maximum Gasteiger partial charge on any atom is 0.334 e. The fourth-order valence-corrected chi connectivity index (χ4v) is 5.84. The van der Waals surface area contributed by atoms with Gasteiger partial charge in [0.25, 0.3) is 0 Å². The van der Waals surface area contributed by atoms with Crippen LogP contribution in [-0.2, 0) is 24.3 Å². The van der Waals surface area contributed by atoms with Crippen LogP contribution in [0.15, 0.2) is 85.1 Å². The highest BCUT2D eigenvalue weighted by Crippen LogP contribution is 2.33. The lowest BCUT2D eigenvalue weighted by Gasteiger charge is -2.56. The number of hydrazine groups is 1. The zero-order valence-corrected chi connectivity index (χ0v) is 23.6. The van der Waals surface area contributed by atoms with E-state index in [1.54, 1.807) is 46.3 Å². The Morgan fingerprint density at radius 1 is 1.05 bits per heavy atom. The number of likely N-dealkylation sites (N-methyl/N-ethyl adjacent to an activating group) is 1. The van der Waals surface area contributed by atoms with Crippen LogP contribution in [0.2, 0.25) is 10.0 Å². The van der Waals surface area contributed by atoms with E-state index in [2.05, 4.69) is 11.9 Å². The van der Waals surface area contributed by atoms with E-state index < -0.39 is 12.2 Å². The van der Waals surface area contributed by atoms with E-state index >= 15 is 0 Å². The van der Waals surface area contributed by atoms with Gasteiger partial charge in [-0.25, -0.2) is 14.8 Å². The number of urea groups is 1. The number of piperazine rings is 1. The number of phenolic OH excluding ortho intramolecular Hbond substituents is 1. The number of hydrogen-bond donors (Lipinski definition) is 2. The van der Waals surface area contributed by atoms with Crippen LogP contribution in [-0.4, -0.2) is 69.2 Å². The summed E-state index contributed by atoms with van der Waals surface area (Å²) in [6.07, 6.45) is -0.115. The molecule has 0 aliphatic carbocycles. The molecule has 2 aliphatic heterocycles. The van der Waals surface area contributed by atoms with Crippen molar-refractivity contribution in [2.24, 2.45) is 0 Å². The van der Waals surface area contributed by atoms with E-state index in [1.807, 2.05) is 53.4 Å². The molecular weight excluding hydrogens is 549 g/mol. The topological polar surface area (TPSA) is 79.4 Å². The van der Waals surface area contributed by atoms with E-state index in [4.69, 9.17) is 23.2 Å². The second-order valence-electron chi connectivity index (χ2n) is 10.1. The van der Waals surface area contributed by atoms with Crippen LogP contribution >= 0.6 is 23.2 Å². The van der Waals surface area contributed by atoms with Gasteiger partial charge in [0.05, 0.1) is 13.1 Å². The summed E-state index contributed by atoms with van der Waals surface area (Å²) in [4.78, 5) is 31.4. The third-order valence-corrected chi connectivity index (χ3v) is 7.89. The van der Waals surface area contributed by atoms with Crippen LogP contribution in [0.5, 0.6) is 5.75 Å². The minimum atomic E-state index is -0.611. The van der Waals surface area contributed by atoms with Crippen molar-refractivity contribution in [3.05, 3.63) is 112 Å². The summed E-state index contributed by atoms with van der Waals surface area (Å²) in [5.41, 5.74) is 3.38. The number of aromatic hydroxyl groups is 1. The minimum absolute atomic E-state index is 0.0920. The number of nitrogens with zero attached hydrogens (tertiary/aromatic N) is 4. The molecule has 208 valence electrons. The number of hydrogen-bond acceptors (Lipinski definition) is 5. The van der Waals surface area contributed by atoms with Gasteiger partial charge in [-0.1, -0.05) is 78.3 Å². The van der Waals surface area contributed by atoms with Crippen LogP contribution in [0.25, 0.3) is 0 Å². The van der Waals surface area contributed by atoms with Crippen molar-refractivity contribution in [2.45, 2.75) is 31.7 Å². The molecule has 3 aromatic rings. The third kappa shape index (κ3) is 5.89. The molecule has 2 N–H and O–H groups in total. The summed E-state index contributed by atoms with van der Waals surface area (Å²) >= 11 is 12.6. The lowest BCUT2D eigenvalue weighted by atomic mass is 9.97.